The maximum atomic E-state index is 12.3. The van der Waals surface area contributed by atoms with Gasteiger partial charge in [-0.25, -0.2) is 4.79 Å². The maximum Gasteiger partial charge on any atom is 0.351 e. The summed E-state index contributed by atoms with van der Waals surface area (Å²) in [4.78, 5) is 24.9. The number of ether oxygens (including phenoxy) is 2. The van der Waals surface area contributed by atoms with Gasteiger partial charge in [-0.3, -0.25) is 4.79 Å². The molecule has 0 aliphatic heterocycles. The zero-order chi connectivity index (χ0) is 19.9. The molecule has 146 valence electrons. The van der Waals surface area contributed by atoms with Gasteiger partial charge in [-0.15, -0.1) is 11.3 Å². The molecule has 3 rings (SSSR count). The summed E-state index contributed by atoms with van der Waals surface area (Å²) in [6.45, 7) is 2.51. The van der Waals surface area contributed by atoms with Crippen LogP contribution in [0.1, 0.15) is 35.0 Å². The zero-order valence-corrected chi connectivity index (χ0v) is 16.8. The second kappa shape index (κ2) is 9.37. The Labute approximate surface area is 168 Å². The SMILES string of the molecule is CCCOc1c(C(=O)OC)sc2ccc(NC(=O)CCc3ccccc3)cc12. The number of carbonyl (C=O) groups excluding carboxylic acids is 2. The Morgan fingerprint density at radius 3 is 2.61 bits per heavy atom. The van der Waals surface area contributed by atoms with Gasteiger partial charge in [-0.05, 0) is 36.6 Å². The molecule has 0 unspecified atom stereocenters. The van der Waals surface area contributed by atoms with Crippen LogP contribution >= 0.6 is 11.3 Å². The molecule has 0 bridgehead atoms. The zero-order valence-electron chi connectivity index (χ0n) is 16.0. The Hall–Kier alpha value is -2.86. The number of anilines is 1. The standard InChI is InChI=1S/C22H23NO4S/c1-3-13-27-20-17-14-16(10-11-18(17)28-21(20)22(25)26-2)23-19(24)12-9-15-7-5-4-6-8-15/h4-8,10-11,14H,3,9,12-13H2,1-2H3,(H,23,24). The Kier molecular flexibility index (Phi) is 6.66. The van der Waals surface area contributed by atoms with Gasteiger partial charge < -0.3 is 14.8 Å². The number of thiophene rings is 1. The summed E-state index contributed by atoms with van der Waals surface area (Å²) in [6.07, 6.45) is 1.91. The van der Waals surface area contributed by atoms with E-state index in [2.05, 4.69) is 5.32 Å². The molecule has 3 aromatic rings. The molecule has 5 nitrogen and oxygen atoms in total. The number of rotatable bonds is 8. The third kappa shape index (κ3) is 4.70. The van der Waals surface area contributed by atoms with Crippen LogP contribution in [0, 0.1) is 0 Å². The smallest absolute Gasteiger partial charge is 0.351 e. The first-order valence-corrected chi connectivity index (χ1v) is 10.1. The van der Waals surface area contributed by atoms with Gasteiger partial charge in [0.05, 0.1) is 13.7 Å². The Morgan fingerprint density at radius 1 is 1.11 bits per heavy atom. The van der Waals surface area contributed by atoms with Crippen molar-refractivity contribution in [3.63, 3.8) is 0 Å². The van der Waals surface area contributed by atoms with E-state index in [1.807, 2.05) is 55.5 Å². The van der Waals surface area contributed by atoms with Crippen molar-refractivity contribution in [1.29, 1.82) is 0 Å². The third-order valence-electron chi connectivity index (χ3n) is 4.23. The van der Waals surface area contributed by atoms with E-state index in [0.717, 1.165) is 22.1 Å². The maximum absolute atomic E-state index is 12.3. The fraction of sp³-hybridized carbons (Fsp3) is 0.273. The number of fused-ring (bicyclic) bond motifs is 1. The first-order valence-electron chi connectivity index (χ1n) is 9.23. The van der Waals surface area contributed by atoms with Crippen LogP contribution in [0.15, 0.2) is 48.5 Å². The molecular formula is C22H23NO4S. The second-order valence-corrected chi connectivity index (χ2v) is 7.40. The molecule has 0 atom stereocenters. The van der Waals surface area contributed by atoms with E-state index in [0.29, 0.717) is 35.8 Å². The second-order valence-electron chi connectivity index (χ2n) is 6.35. The summed E-state index contributed by atoms with van der Waals surface area (Å²) in [6, 6.07) is 15.5. The molecule has 28 heavy (non-hydrogen) atoms. The molecule has 1 amide bonds. The van der Waals surface area contributed by atoms with Crippen molar-refractivity contribution in [1.82, 2.24) is 0 Å². The highest BCUT2D eigenvalue weighted by molar-refractivity contribution is 7.21. The van der Waals surface area contributed by atoms with E-state index >= 15 is 0 Å². The lowest BCUT2D eigenvalue weighted by atomic mass is 10.1. The average molecular weight is 397 g/mol. The van der Waals surface area contributed by atoms with E-state index in [-0.39, 0.29) is 5.91 Å². The van der Waals surface area contributed by atoms with E-state index < -0.39 is 5.97 Å². The van der Waals surface area contributed by atoms with Crippen LogP contribution in [-0.2, 0) is 16.0 Å². The number of hydrogen-bond acceptors (Lipinski definition) is 5. The minimum atomic E-state index is -0.416. The molecule has 1 aromatic heterocycles. The number of hydrogen-bond donors (Lipinski definition) is 1. The minimum absolute atomic E-state index is 0.0531. The first-order chi connectivity index (χ1) is 13.6. The fourth-order valence-electron chi connectivity index (χ4n) is 2.85. The molecule has 2 aromatic carbocycles. The molecule has 0 saturated carbocycles. The highest BCUT2D eigenvalue weighted by Gasteiger charge is 2.21. The predicted molar refractivity (Wildman–Crippen MR) is 112 cm³/mol. The van der Waals surface area contributed by atoms with Crippen molar-refractivity contribution in [2.24, 2.45) is 0 Å². The molecular weight excluding hydrogens is 374 g/mol. The molecule has 0 fully saturated rings. The minimum Gasteiger partial charge on any atom is -0.491 e. The topological polar surface area (TPSA) is 64.6 Å². The van der Waals surface area contributed by atoms with Gasteiger partial charge in [0.2, 0.25) is 5.91 Å². The number of amides is 1. The van der Waals surface area contributed by atoms with Crippen LogP contribution in [0.4, 0.5) is 5.69 Å². The summed E-state index contributed by atoms with van der Waals surface area (Å²) in [7, 11) is 1.36. The lowest BCUT2D eigenvalue weighted by Gasteiger charge is -2.08. The van der Waals surface area contributed by atoms with Gasteiger partial charge in [0.1, 0.15) is 0 Å². The summed E-state index contributed by atoms with van der Waals surface area (Å²) in [5.74, 6) is 0.0532. The average Bonchev–Trinajstić information content (AvgIpc) is 3.08. The molecule has 1 heterocycles. The summed E-state index contributed by atoms with van der Waals surface area (Å²) in [5, 5.41) is 3.74. The van der Waals surface area contributed by atoms with Crippen LogP contribution in [0.3, 0.4) is 0 Å². The molecule has 6 heteroatoms. The van der Waals surface area contributed by atoms with Gasteiger partial charge in [0.15, 0.2) is 10.6 Å². The van der Waals surface area contributed by atoms with E-state index in [4.69, 9.17) is 9.47 Å². The number of aryl methyl sites for hydroxylation is 1. The monoisotopic (exact) mass is 397 g/mol. The summed E-state index contributed by atoms with van der Waals surface area (Å²) >= 11 is 1.33. The van der Waals surface area contributed by atoms with Gasteiger partial charge in [0, 0.05) is 22.2 Å². The van der Waals surface area contributed by atoms with Crippen molar-refractivity contribution in [2.45, 2.75) is 26.2 Å². The Balaban J connectivity index is 1.78. The quantitative estimate of drug-likeness (QED) is 0.540. The van der Waals surface area contributed by atoms with Crippen LogP contribution in [0.2, 0.25) is 0 Å². The lowest BCUT2D eigenvalue weighted by Crippen LogP contribution is -2.12. The van der Waals surface area contributed by atoms with Crippen molar-refractivity contribution < 1.29 is 19.1 Å². The molecule has 0 spiro atoms. The molecule has 0 aliphatic carbocycles. The number of benzene rings is 2. The predicted octanol–water partition coefficient (Wildman–Crippen LogP) is 5.05. The number of carbonyl (C=O) groups is 2. The molecule has 0 aliphatic rings. The molecule has 0 saturated heterocycles. The number of nitrogens with one attached hydrogen (secondary N) is 1. The van der Waals surface area contributed by atoms with Gasteiger partial charge in [-0.1, -0.05) is 37.3 Å². The van der Waals surface area contributed by atoms with E-state index in [1.165, 1.54) is 18.4 Å². The largest absolute Gasteiger partial charge is 0.491 e. The van der Waals surface area contributed by atoms with Gasteiger partial charge in [0.25, 0.3) is 0 Å². The fourth-order valence-corrected chi connectivity index (χ4v) is 3.90. The normalized spacial score (nSPS) is 10.6. The molecule has 1 N–H and O–H groups in total. The highest BCUT2D eigenvalue weighted by Crippen LogP contribution is 2.39. The first kappa shape index (κ1) is 19.9. The lowest BCUT2D eigenvalue weighted by molar-refractivity contribution is -0.116. The molecule has 0 radical (unpaired) electrons. The van der Waals surface area contributed by atoms with Gasteiger partial charge >= 0.3 is 5.97 Å². The Bertz CT molecular complexity index is 965. The Morgan fingerprint density at radius 2 is 1.89 bits per heavy atom. The summed E-state index contributed by atoms with van der Waals surface area (Å²) < 4.78 is 11.6. The van der Waals surface area contributed by atoms with E-state index in [1.54, 1.807) is 0 Å². The van der Waals surface area contributed by atoms with Crippen molar-refractivity contribution in [2.75, 3.05) is 19.0 Å². The van der Waals surface area contributed by atoms with Crippen molar-refractivity contribution in [3.05, 3.63) is 59.0 Å². The van der Waals surface area contributed by atoms with Crippen LogP contribution in [0.5, 0.6) is 5.75 Å². The highest BCUT2D eigenvalue weighted by atomic mass is 32.1. The number of methoxy groups -OCH3 is 1. The third-order valence-corrected chi connectivity index (χ3v) is 5.36. The van der Waals surface area contributed by atoms with Crippen LogP contribution in [-0.4, -0.2) is 25.6 Å². The van der Waals surface area contributed by atoms with Crippen molar-refractivity contribution >= 4 is 39.0 Å². The van der Waals surface area contributed by atoms with E-state index in [9.17, 15) is 9.59 Å². The van der Waals surface area contributed by atoms with Crippen LogP contribution in [0.25, 0.3) is 10.1 Å². The van der Waals surface area contributed by atoms with Crippen molar-refractivity contribution in [3.8, 4) is 5.75 Å². The van der Waals surface area contributed by atoms with Gasteiger partial charge in [-0.2, -0.15) is 0 Å². The number of esters is 1. The summed E-state index contributed by atoms with van der Waals surface area (Å²) in [5.41, 5.74) is 1.81. The van der Waals surface area contributed by atoms with Crippen LogP contribution < -0.4 is 10.1 Å².